The second-order valence-corrected chi connectivity index (χ2v) is 6.41. The summed E-state index contributed by atoms with van der Waals surface area (Å²) in [7, 11) is 0. The van der Waals surface area contributed by atoms with Crippen molar-refractivity contribution in [2.45, 2.75) is 32.9 Å². The Hall–Kier alpha value is -0.380. The Bertz CT molecular complexity index is 330. The Morgan fingerprint density at radius 1 is 1.47 bits per heavy atom. The minimum atomic E-state index is 0.268. The van der Waals surface area contributed by atoms with Crippen LogP contribution in [-0.2, 0) is 6.54 Å². The zero-order chi connectivity index (χ0) is 10.9. The lowest BCUT2D eigenvalue weighted by molar-refractivity contribution is 0.149. The van der Waals surface area contributed by atoms with Crippen LogP contribution in [0.2, 0.25) is 0 Å². The zero-order valence-electron chi connectivity index (χ0n) is 9.84. The van der Waals surface area contributed by atoms with Gasteiger partial charge in [0.15, 0.2) is 0 Å². The van der Waals surface area contributed by atoms with Crippen LogP contribution >= 0.6 is 11.3 Å². The third kappa shape index (κ3) is 3.03. The summed E-state index contributed by atoms with van der Waals surface area (Å²) < 4.78 is 0. The lowest BCUT2D eigenvalue weighted by Crippen LogP contribution is -2.56. The fraction of sp³-hybridized carbons (Fsp3) is 0.667. The maximum atomic E-state index is 3.54. The van der Waals surface area contributed by atoms with Crippen molar-refractivity contribution in [1.82, 2.24) is 10.2 Å². The van der Waals surface area contributed by atoms with Crippen molar-refractivity contribution < 1.29 is 0 Å². The second kappa shape index (κ2) is 4.24. The van der Waals surface area contributed by atoms with Crippen LogP contribution in [0.1, 0.15) is 23.6 Å². The first kappa shape index (κ1) is 11.1. The fourth-order valence-electron chi connectivity index (χ4n) is 2.17. The summed E-state index contributed by atoms with van der Waals surface area (Å²) in [5.74, 6) is 0. The number of aryl methyl sites for hydroxylation is 1. The van der Waals surface area contributed by atoms with Crippen molar-refractivity contribution in [3.63, 3.8) is 0 Å². The predicted molar refractivity (Wildman–Crippen MR) is 66.4 cm³/mol. The number of hydrogen-bond acceptors (Lipinski definition) is 3. The van der Waals surface area contributed by atoms with E-state index in [2.05, 4.69) is 43.1 Å². The quantitative estimate of drug-likeness (QED) is 0.829. The lowest BCUT2D eigenvalue weighted by atomic mass is 10.0. The molecule has 15 heavy (non-hydrogen) atoms. The number of nitrogens with zero attached hydrogens (tertiary/aromatic N) is 1. The van der Waals surface area contributed by atoms with Gasteiger partial charge in [-0.25, -0.2) is 0 Å². The van der Waals surface area contributed by atoms with Crippen molar-refractivity contribution in [2.24, 2.45) is 0 Å². The molecule has 2 nitrogen and oxygen atoms in total. The first-order valence-electron chi connectivity index (χ1n) is 5.58. The topological polar surface area (TPSA) is 15.3 Å². The van der Waals surface area contributed by atoms with Gasteiger partial charge in [-0.2, -0.15) is 0 Å². The molecule has 0 saturated carbocycles. The highest BCUT2D eigenvalue weighted by Crippen LogP contribution is 2.19. The second-order valence-electron chi connectivity index (χ2n) is 5.03. The first-order chi connectivity index (χ1) is 7.05. The number of thiophene rings is 1. The maximum Gasteiger partial charge on any atom is 0.0329 e. The van der Waals surface area contributed by atoms with E-state index < -0.39 is 0 Å². The van der Waals surface area contributed by atoms with Crippen molar-refractivity contribution in [2.75, 3.05) is 19.6 Å². The molecule has 0 spiro atoms. The molecule has 0 bridgehead atoms. The van der Waals surface area contributed by atoms with Crippen LogP contribution in [0.4, 0.5) is 0 Å². The molecule has 0 atom stereocenters. The van der Waals surface area contributed by atoms with Crippen LogP contribution in [0.5, 0.6) is 0 Å². The molecule has 1 N–H and O–H groups in total. The fourth-order valence-corrected chi connectivity index (χ4v) is 3.10. The lowest BCUT2D eigenvalue weighted by Gasteiger charge is -2.38. The van der Waals surface area contributed by atoms with Gasteiger partial charge in [0.25, 0.3) is 0 Å². The molecule has 0 radical (unpaired) electrons. The Kier molecular flexibility index (Phi) is 3.14. The van der Waals surface area contributed by atoms with E-state index in [1.807, 2.05) is 11.3 Å². The van der Waals surface area contributed by atoms with Crippen LogP contribution < -0.4 is 5.32 Å². The standard InChI is InChI=1S/C12H20N2S/c1-10-4-5-11(15-10)8-14-7-6-13-12(2,3)9-14/h4-5,13H,6-9H2,1-3H3. The van der Waals surface area contributed by atoms with Gasteiger partial charge >= 0.3 is 0 Å². The number of hydrogen-bond donors (Lipinski definition) is 1. The Labute approximate surface area is 96.3 Å². The molecule has 1 aromatic heterocycles. The van der Waals surface area contributed by atoms with Crippen LogP contribution in [0.25, 0.3) is 0 Å². The summed E-state index contributed by atoms with van der Waals surface area (Å²) >= 11 is 1.92. The van der Waals surface area contributed by atoms with E-state index in [1.165, 1.54) is 16.3 Å². The molecule has 1 fully saturated rings. The van der Waals surface area contributed by atoms with Gasteiger partial charge in [-0.15, -0.1) is 11.3 Å². The van der Waals surface area contributed by atoms with Crippen molar-refractivity contribution in [1.29, 1.82) is 0 Å². The molecule has 1 aromatic rings. The van der Waals surface area contributed by atoms with Crippen molar-refractivity contribution in [3.8, 4) is 0 Å². The van der Waals surface area contributed by atoms with Gasteiger partial charge in [0.2, 0.25) is 0 Å². The number of piperazine rings is 1. The summed E-state index contributed by atoms with van der Waals surface area (Å²) in [6, 6.07) is 4.47. The molecule has 1 saturated heterocycles. The predicted octanol–water partition coefficient (Wildman–Crippen LogP) is 2.24. The monoisotopic (exact) mass is 224 g/mol. The summed E-state index contributed by atoms with van der Waals surface area (Å²) in [5.41, 5.74) is 0.268. The van der Waals surface area contributed by atoms with E-state index in [0.717, 1.165) is 19.6 Å². The molecule has 0 aliphatic carbocycles. The average Bonchev–Trinajstić information content (AvgIpc) is 2.49. The van der Waals surface area contributed by atoms with Gasteiger partial charge in [-0.3, -0.25) is 4.90 Å². The summed E-state index contributed by atoms with van der Waals surface area (Å²) in [5, 5.41) is 3.54. The highest BCUT2D eigenvalue weighted by Gasteiger charge is 2.25. The minimum Gasteiger partial charge on any atom is -0.309 e. The van der Waals surface area contributed by atoms with Gasteiger partial charge in [0, 0.05) is 41.5 Å². The third-order valence-electron chi connectivity index (χ3n) is 2.83. The van der Waals surface area contributed by atoms with E-state index in [-0.39, 0.29) is 5.54 Å². The average molecular weight is 224 g/mol. The highest BCUT2D eigenvalue weighted by molar-refractivity contribution is 7.11. The van der Waals surface area contributed by atoms with Crippen LogP contribution in [0, 0.1) is 6.92 Å². The molecule has 2 heterocycles. The van der Waals surface area contributed by atoms with E-state index in [0.29, 0.717) is 0 Å². The van der Waals surface area contributed by atoms with Gasteiger partial charge in [0.1, 0.15) is 0 Å². The third-order valence-corrected chi connectivity index (χ3v) is 3.81. The van der Waals surface area contributed by atoms with Crippen LogP contribution in [-0.4, -0.2) is 30.1 Å². The Morgan fingerprint density at radius 2 is 2.27 bits per heavy atom. The smallest absolute Gasteiger partial charge is 0.0329 e. The van der Waals surface area contributed by atoms with E-state index >= 15 is 0 Å². The molecule has 1 aliphatic rings. The molecular weight excluding hydrogens is 204 g/mol. The normalized spacial score (nSPS) is 21.8. The van der Waals surface area contributed by atoms with Gasteiger partial charge in [-0.05, 0) is 32.9 Å². The largest absolute Gasteiger partial charge is 0.309 e. The molecular formula is C12H20N2S. The number of nitrogens with one attached hydrogen (secondary N) is 1. The van der Waals surface area contributed by atoms with Gasteiger partial charge in [0.05, 0.1) is 0 Å². The van der Waals surface area contributed by atoms with E-state index in [9.17, 15) is 0 Å². The Balaban J connectivity index is 1.95. The summed E-state index contributed by atoms with van der Waals surface area (Å²) in [6.45, 7) is 11.3. The summed E-state index contributed by atoms with van der Waals surface area (Å²) in [6.07, 6.45) is 0. The molecule has 2 rings (SSSR count). The van der Waals surface area contributed by atoms with Crippen molar-refractivity contribution >= 4 is 11.3 Å². The summed E-state index contributed by atoms with van der Waals surface area (Å²) in [4.78, 5) is 5.45. The van der Waals surface area contributed by atoms with Gasteiger partial charge < -0.3 is 5.32 Å². The molecule has 0 aromatic carbocycles. The molecule has 3 heteroatoms. The molecule has 1 aliphatic heterocycles. The SMILES string of the molecule is Cc1ccc(CN2CCNC(C)(C)C2)s1. The molecule has 84 valence electrons. The van der Waals surface area contributed by atoms with Crippen LogP contribution in [0.15, 0.2) is 12.1 Å². The first-order valence-corrected chi connectivity index (χ1v) is 6.39. The van der Waals surface area contributed by atoms with Gasteiger partial charge in [-0.1, -0.05) is 0 Å². The Morgan fingerprint density at radius 3 is 2.87 bits per heavy atom. The van der Waals surface area contributed by atoms with Crippen molar-refractivity contribution in [3.05, 3.63) is 21.9 Å². The molecule has 0 amide bonds. The van der Waals surface area contributed by atoms with E-state index in [1.54, 1.807) is 0 Å². The van der Waals surface area contributed by atoms with Crippen LogP contribution in [0.3, 0.4) is 0 Å². The van der Waals surface area contributed by atoms with E-state index in [4.69, 9.17) is 0 Å². The number of rotatable bonds is 2. The minimum absolute atomic E-state index is 0.268. The maximum absolute atomic E-state index is 3.54. The zero-order valence-corrected chi connectivity index (χ0v) is 10.7. The molecule has 0 unspecified atom stereocenters. The highest BCUT2D eigenvalue weighted by atomic mass is 32.1.